The second kappa shape index (κ2) is 19.0. The number of aliphatic hydroxyl groups excluding tert-OH is 1. The molecule has 0 aromatic heterocycles. The summed E-state index contributed by atoms with van der Waals surface area (Å²) in [7, 11) is 0. The molecule has 1 atom stereocenters. The summed E-state index contributed by atoms with van der Waals surface area (Å²) in [5, 5.41) is 18.3. The second-order valence-electron chi connectivity index (χ2n) is 6.71. The van der Waals surface area contributed by atoms with E-state index in [9.17, 15) is 9.90 Å². The largest absolute Gasteiger partial charge is 0.478 e. The van der Waals surface area contributed by atoms with E-state index in [4.69, 9.17) is 5.11 Å². The number of aliphatic hydroxyl groups is 1. The molecule has 0 amide bonds. The predicted molar refractivity (Wildman–Crippen MR) is 107 cm³/mol. The van der Waals surface area contributed by atoms with Gasteiger partial charge >= 0.3 is 5.97 Å². The van der Waals surface area contributed by atoms with Gasteiger partial charge in [0.15, 0.2) is 0 Å². The average Bonchev–Trinajstić information content (AvgIpc) is 2.58. The Bertz CT molecular complexity index is 383. The van der Waals surface area contributed by atoms with E-state index in [0.29, 0.717) is 0 Å². The van der Waals surface area contributed by atoms with Crippen molar-refractivity contribution in [3.63, 3.8) is 0 Å². The van der Waals surface area contributed by atoms with E-state index in [2.05, 4.69) is 13.0 Å². The highest BCUT2D eigenvalue weighted by Gasteiger charge is 2.02. The van der Waals surface area contributed by atoms with Crippen molar-refractivity contribution in [3.8, 4) is 0 Å². The third-order valence-electron chi connectivity index (χ3n) is 4.26. The van der Waals surface area contributed by atoms with E-state index in [1.807, 2.05) is 12.2 Å². The van der Waals surface area contributed by atoms with Crippen LogP contribution in [0, 0.1) is 0 Å². The number of allylic oxidation sites excluding steroid dienone is 5. The number of rotatable bonds is 17. The van der Waals surface area contributed by atoms with Crippen LogP contribution in [0.5, 0.6) is 0 Å². The molecule has 0 aliphatic rings. The molecule has 2 N–H and O–H groups in total. The molecular weight excluding hydrogens is 312 g/mol. The molecule has 0 spiro atoms. The quantitative estimate of drug-likeness (QED) is 0.187. The van der Waals surface area contributed by atoms with Crippen LogP contribution in [0.15, 0.2) is 36.5 Å². The Morgan fingerprint density at radius 3 is 2.00 bits per heavy atom. The normalized spacial score (nSPS) is 13.4. The number of hydrogen-bond acceptors (Lipinski definition) is 2. The van der Waals surface area contributed by atoms with E-state index in [-0.39, 0.29) is 6.10 Å². The van der Waals surface area contributed by atoms with Gasteiger partial charge in [0.2, 0.25) is 0 Å². The van der Waals surface area contributed by atoms with E-state index < -0.39 is 5.97 Å². The van der Waals surface area contributed by atoms with Crippen molar-refractivity contribution < 1.29 is 15.0 Å². The number of carbonyl (C=O) groups is 1. The molecule has 0 fully saturated rings. The molecule has 0 rings (SSSR count). The lowest BCUT2D eigenvalue weighted by molar-refractivity contribution is -0.131. The third kappa shape index (κ3) is 20.6. The summed E-state index contributed by atoms with van der Waals surface area (Å²) in [5.41, 5.74) is 0. The molecule has 0 aromatic carbocycles. The molecule has 0 aromatic rings. The predicted octanol–water partition coefficient (Wildman–Crippen LogP) is 6.19. The Kier molecular flexibility index (Phi) is 18.0. The van der Waals surface area contributed by atoms with Crippen LogP contribution in [-0.4, -0.2) is 22.3 Å². The van der Waals surface area contributed by atoms with Gasteiger partial charge in [-0.15, -0.1) is 0 Å². The highest BCUT2D eigenvalue weighted by molar-refractivity contribution is 5.80. The average molecular weight is 351 g/mol. The maximum Gasteiger partial charge on any atom is 0.328 e. The summed E-state index contributed by atoms with van der Waals surface area (Å²) >= 11 is 0. The fourth-order valence-corrected chi connectivity index (χ4v) is 2.74. The van der Waals surface area contributed by atoms with Gasteiger partial charge < -0.3 is 10.2 Å². The Morgan fingerprint density at radius 1 is 0.800 bits per heavy atom. The number of aliphatic carboxylic acids is 1. The Balaban J connectivity index is 3.29. The lowest BCUT2D eigenvalue weighted by atomic mass is 10.0. The molecule has 0 saturated carbocycles. The Labute approximate surface area is 154 Å². The van der Waals surface area contributed by atoms with Crippen LogP contribution >= 0.6 is 0 Å². The monoisotopic (exact) mass is 350 g/mol. The molecule has 144 valence electrons. The zero-order valence-electron chi connectivity index (χ0n) is 16.0. The van der Waals surface area contributed by atoms with Gasteiger partial charge in [-0.2, -0.15) is 0 Å². The Morgan fingerprint density at radius 2 is 1.36 bits per heavy atom. The summed E-state index contributed by atoms with van der Waals surface area (Å²) < 4.78 is 0. The molecule has 0 radical (unpaired) electrons. The lowest BCUT2D eigenvalue weighted by Gasteiger charge is -2.09. The maximum atomic E-state index is 10.2. The first-order chi connectivity index (χ1) is 12.2. The second-order valence-corrected chi connectivity index (χ2v) is 6.71. The lowest BCUT2D eigenvalue weighted by Crippen LogP contribution is -2.05. The van der Waals surface area contributed by atoms with E-state index in [1.165, 1.54) is 70.3 Å². The van der Waals surface area contributed by atoms with Crippen LogP contribution in [0.25, 0.3) is 0 Å². The molecule has 3 heteroatoms. The summed E-state index contributed by atoms with van der Waals surface area (Å²) in [5.74, 6) is -0.920. The van der Waals surface area contributed by atoms with Gasteiger partial charge in [-0.1, -0.05) is 95.1 Å². The minimum absolute atomic E-state index is 0.0768. The van der Waals surface area contributed by atoms with Crippen LogP contribution in [0.1, 0.15) is 90.4 Å². The highest BCUT2D eigenvalue weighted by atomic mass is 16.4. The fraction of sp³-hybridized carbons (Fsp3) is 0.682. The molecule has 1 unspecified atom stereocenters. The standard InChI is InChI=1S/C22H38O3/c1-2-3-15-18-21(23)19-16-13-11-9-7-5-4-6-8-10-12-14-17-20-22(24)25/h8,10,12,14,17,20-21,23H,2-7,9,11,13,15-16,18-19H2,1H3,(H,24,25)/b10-8+,14-12+,20-17+. The van der Waals surface area contributed by atoms with Gasteiger partial charge in [0, 0.05) is 6.08 Å². The SMILES string of the molecule is CCCCCC(O)CCCCCCCCC/C=C/C=C/C=C/C(=O)O. The van der Waals surface area contributed by atoms with E-state index >= 15 is 0 Å². The Hall–Kier alpha value is -1.35. The van der Waals surface area contributed by atoms with Crippen LogP contribution in [0.3, 0.4) is 0 Å². The van der Waals surface area contributed by atoms with Crippen molar-refractivity contribution in [2.75, 3.05) is 0 Å². The minimum Gasteiger partial charge on any atom is -0.478 e. The molecule has 0 heterocycles. The van der Waals surface area contributed by atoms with Gasteiger partial charge in [0.25, 0.3) is 0 Å². The molecule has 0 bridgehead atoms. The number of carboxylic acids is 1. The van der Waals surface area contributed by atoms with Crippen molar-refractivity contribution in [1.82, 2.24) is 0 Å². The van der Waals surface area contributed by atoms with Gasteiger partial charge in [0.05, 0.1) is 6.10 Å². The van der Waals surface area contributed by atoms with Gasteiger partial charge in [-0.25, -0.2) is 4.79 Å². The molecule has 25 heavy (non-hydrogen) atoms. The molecule has 0 saturated heterocycles. The van der Waals surface area contributed by atoms with Crippen LogP contribution in [0.2, 0.25) is 0 Å². The van der Waals surface area contributed by atoms with E-state index in [0.717, 1.165) is 25.3 Å². The van der Waals surface area contributed by atoms with Gasteiger partial charge in [-0.3, -0.25) is 0 Å². The third-order valence-corrected chi connectivity index (χ3v) is 4.26. The van der Waals surface area contributed by atoms with Gasteiger partial charge in [0.1, 0.15) is 0 Å². The number of hydrogen-bond donors (Lipinski definition) is 2. The smallest absolute Gasteiger partial charge is 0.328 e. The fourth-order valence-electron chi connectivity index (χ4n) is 2.74. The summed E-state index contributed by atoms with van der Waals surface area (Å²) in [6.45, 7) is 2.20. The zero-order valence-corrected chi connectivity index (χ0v) is 16.0. The number of unbranched alkanes of at least 4 members (excludes halogenated alkanes) is 9. The van der Waals surface area contributed by atoms with Gasteiger partial charge in [-0.05, 0) is 25.7 Å². The first-order valence-corrected chi connectivity index (χ1v) is 10.1. The van der Waals surface area contributed by atoms with Crippen molar-refractivity contribution >= 4 is 5.97 Å². The van der Waals surface area contributed by atoms with Crippen LogP contribution < -0.4 is 0 Å². The van der Waals surface area contributed by atoms with Crippen LogP contribution in [0.4, 0.5) is 0 Å². The minimum atomic E-state index is -0.920. The molecular formula is C22H38O3. The van der Waals surface area contributed by atoms with E-state index in [1.54, 1.807) is 6.08 Å². The first kappa shape index (κ1) is 23.6. The van der Waals surface area contributed by atoms with Crippen LogP contribution in [-0.2, 0) is 4.79 Å². The van der Waals surface area contributed by atoms with Crippen molar-refractivity contribution in [2.45, 2.75) is 96.5 Å². The topological polar surface area (TPSA) is 57.5 Å². The van der Waals surface area contributed by atoms with Crippen molar-refractivity contribution in [1.29, 1.82) is 0 Å². The maximum absolute atomic E-state index is 10.2. The van der Waals surface area contributed by atoms with Crippen molar-refractivity contribution in [2.24, 2.45) is 0 Å². The highest BCUT2D eigenvalue weighted by Crippen LogP contribution is 2.13. The molecule has 0 aliphatic carbocycles. The summed E-state index contributed by atoms with van der Waals surface area (Å²) in [6.07, 6.45) is 25.7. The van der Waals surface area contributed by atoms with Crippen molar-refractivity contribution in [3.05, 3.63) is 36.5 Å². The summed E-state index contributed by atoms with van der Waals surface area (Å²) in [4.78, 5) is 10.2. The summed E-state index contributed by atoms with van der Waals surface area (Å²) in [6, 6.07) is 0. The molecule has 0 aliphatic heterocycles. The molecule has 3 nitrogen and oxygen atoms in total. The first-order valence-electron chi connectivity index (χ1n) is 10.1. The zero-order chi connectivity index (χ0) is 18.6. The number of carboxylic acid groups (broad SMARTS) is 1.